The van der Waals surface area contributed by atoms with E-state index in [1.54, 1.807) is 37.3 Å². The number of carbonyl (C=O) groups excluding carboxylic acids is 1. The molecule has 6 rings (SSSR count). The molecule has 234 valence electrons. The number of ketones is 1. The Labute approximate surface area is 256 Å². The average molecular weight is 626 g/mol. The highest BCUT2D eigenvalue weighted by molar-refractivity contribution is 7.90. The summed E-state index contributed by atoms with van der Waals surface area (Å²) >= 11 is 0. The van der Waals surface area contributed by atoms with Crippen molar-refractivity contribution in [2.45, 2.75) is 93.7 Å². The summed E-state index contributed by atoms with van der Waals surface area (Å²) in [6.07, 6.45) is 6.03. The molecule has 0 radical (unpaired) electrons. The van der Waals surface area contributed by atoms with E-state index >= 15 is 4.39 Å². The van der Waals surface area contributed by atoms with Crippen molar-refractivity contribution < 1.29 is 26.4 Å². The number of fused-ring (bicyclic) bond motifs is 4. The Hall–Kier alpha value is -3.07. The summed E-state index contributed by atoms with van der Waals surface area (Å²) in [5, 5.41) is 3.33. The highest BCUT2D eigenvalue weighted by Crippen LogP contribution is 2.71. The van der Waals surface area contributed by atoms with Crippen LogP contribution < -0.4 is 0 Å². The number of halogens is 3. The Morgan fingerprint density at radius 3 is 2.09 bits per heavy atom. The predicted molar refractivity (Wildman–Crippen MR) is 164 cm³/mol. The molecule has 0 aromatic heterocycles. The number of carbonyl (C=O) groups is 1. The molecule has 0 N–H and O–H groups in total. The minimum Gasteiger partial charge on any atom is -0.295 e. The third-order valence-electron chi connectivity index (χ3n) is 11.6. The molecule has 0 aliphatic heterocycles. The summed E-state index contributed by atoms with van der Waals surface area (Å²) in [4.78, 5) is 25.3. The van der Waals surface area contributed by atoms with Crippen molar-refractivity contribution in [1.82, 2.24) is 0 Å². The molecule has 2 aromatic rings. The van der Waals surface area contributed by atoms with E-state index in [2.05, 4.69) is 5.18 Å². The maximum atomic E-state index is 16.4. The zero-order valence-corrected chi connectivity index (χ0v) is 26.3. The molecule has 6 atom stereocenters. The van der Waals surface area contributed by atoms with Crippen LogP contribution in [-0.2, 0) is 14.6 Å². The summed E-state index contributed by atoms with van der Waals surface area (Å²) in [6, 6.07) is 14.5. The fraction of sp³-hybridized carbons (Fsp3) is 0.514. The van der Waals surface area contributed by atoms with Crippen LogP contribution in [0.15, 0.2) is 81.4 Å². The van der Waals surface area contributed by atoms with E-state index in [0.29, 0.717) is 39.0 Å². The molecule has 0 saturated heterocycles. The van der Waals surface area contributed by atoms with Crippen LogP contribution in [0, 0.1) is 22.2 Å². The summed E-state index contributed by atoms with van der Waals surface area (Å²) in [7, 11) is -3.33. The summed E-state index contributed by atoms with van der Waals surface area (Å²) < 4.78 is 70.2. The fourth-order valence-electron chi connectivity index (χ4n) is 9.14. The van der Waals surface area contributed by atoms with Gasteiger partial charge in [0.15, 0.2) is 21.3 Å². The van der Waals surface area contributed by atoms with Crippen molar-refractivity contribution >= 4 is 15.6 Å². The Morgan fingerprint density at radius 1 is 0.909 bits per heavy atom. The standard InChI is InChI=1S/C35H38F3NO4S/c1-32-20-29(23-7-5-21(6-8-23)22-9-13-26(14-10-22)44(4,42)43)31-27-16-12-25(40)19-24(27)11-15-28(31)30(32)17-18-35(32,39-41)33(2,36)34(3,37)38/h5-10,13-14,19,28-30H,11-12,15-18,20H2,1-4H3/t28?,29?,30?,32?,33?,35-/m0/s1. The summed E-state index contributed by atoms with van der Waals surface area (Å²) in [5.41, 5.74) is -0.311. The van der Waals surface area contributed by atoms with Crippen LogP contribution in [0.5, 0.6) is 0 Å². The number of hydrogen-bond acceptors (Lipinski definition) is 5. The molecule has 2 fully saturated rings. The van der Waals surface area contributed by atoms with Gasteiger partial charge < -0.3 is 0 Å². The highest BCUT2D eigenvalue weighted by atomic mass is 32.2. The topological polar surface area (TPSA) is 80.6 Å². The van der Waals surface area contributed by atoms with Crippen molar-refractivity contribution in [1.29, 1.82) is 0 Å². The lowest BCUT2D eigenvalue weighted by atomic mass is 9.48. The number of hydrogen-bond donors (Lipinski definition) is 0. The number of rotatable bonds is 6. The lowest BCUT2D eigenvalue weighted by Gasteiger charge is -2.57. The van der Waals surface area contributed by atoms with Crippen molar-refractivity contribution in [3.05, 3.63) is 81.8 Å². The average Bonchev–Trinajstić information content (AvgIpc) is 3.28. The van der Waals surface area contributed by atoms with Crippen molar-refractivity contribution in [3.63, 3.8) is 0 Å². The van der Waals surface area contributed by atoms with E-state index in [0.717, 1.165) is 41.0 Å². The van der Waals surface area contributed by atoms with E-state index in [1.807, 2.05) is 24.3 Å². The summed E-state index contributed by atoms with van der Waals surface area (Å²) in [5.74, 6) is -4.16. The van der Waals surface area contributed by atoms with Gasteiger partial charge >= 0.3 is 0 Å². The van der Waals surface area contributed by atoms with Gasteiger partial charge in [-0.2, -0.15) is 4.91 Å². The predicted octanol–water partition coefficient (Wildman–Crippen LogP) is 8.55. The zero-order valence-electron chi connectivity index (χ0n) is 25.5. The quantitative estimate of drug-likeness (QED) is 0.301. The van der Waals surface area contributed by atoms with Gasteiger partial charge in [0, 0.05) is 30.9 Å². The number of allylic oxidation sites excluding steroid dienone is 4. The molecule has 0 spiro atoms. The molecule has 2 saturated carbocycles. The third kappa shape index (κ3) is 4.47. The van der Waals surface area contributed by atoms with Gasteiger partial charge in [-0.25, -0.2) is 21.6 Å². The van der Waals surface area contributed by atoms with Gasteiger partial charge in [0.1, 0.15) is 5.54 Å². The fourth-order valence-corrected chi connectivity index (χ4v) is 9.77. The van der Waals surface area contributed by atoms with E-state index in [9.17, 15) is 26.9 Å². The Kier molecular flexibility index (Phi) is 7.19. The maximum absolute atomic E-state index is 16.4. The maximum Gasteiger partial charge on any atom is 0.281 e. The van der Waals surface area contributed by atoms with Crippen LogP contribution in [0.2, 0.25) is 0 Å². The van der Waals surface area contributed by atoms with E-state index in [4.69, 9.17) is 0 Å². The minimum atomic E-state index is -3.77. The smallest absolute Gasteiger partial charge is 0.281 e. The molecule has 5 unspecified atom stereocenters. The van der Waals surface area contributed by atoms with E-state index < -0.39 is 32.4 Å². The Morgan fingerprint density at radius 2 is 1.52 bits per heavy atom. The number of sulfone groups is 1. The Balaban J connectivity index is 1.47. The van der Waals surface area contributed by atoms with Gasteiger partial charge in [0.2, 0.25) is 0 Å². The van der Waals surface area contributed by atoms with Gasteiger partial charge in [-0.3, -0.25) is 4.79 Å². The molecule has 0 heterocycles. The molecule has 0 bridgehead atoms. The lowest BCUT2D eigenvalue weighted by Crippen LogP contribution is -2.65. The SMILES string of the molecule is CC(F)(F)C(C)(F)[C@]1(N=O)CCC2C3CCC4=CC(=O)CCC4=C3C(c3ccc(-c4ccc(S(C)(=O)=O)cc4)cc3)CC21C. The second-order valence-corrected chi connectivity index (χ2v) is 15.8. The molecule has 5 nitrogen and oxygen atoms in total. The highest BCUT2D eigenvalue weighted by Gasteiger charge is 2.75. The monoisotopic (exact) mass is 625 g/mol. The first-order valence-corrected chi connectivity index (χ1v) is 17.2. The number of nitrogens with zero attached hydrogens (tertiary/aromatic N) is 1. The first kappa shape index (κ1) is 30.9. The molecule has 4 aliphatic rings. The molecular formula is C35H38F3NO4S. The van der Waals surface area contributed by atoms with Crippen molar-refractivity contribution in [3.8, 4) is 11.1 Å². The van der Waals surface area contributed by atoms with Crippen molar-refractivity contribution in [2.75, 3.05) is 6.26 Å². The van der Waals surface area contributed by atoms with Gasteiger partial charge in [0.25, 0.3) is 5.92 Å². The Bertz CT molecular complexity index is 1690. The lowest BCUT2D eigenvalue weighted by molar-refractivity contribution is -0.178. The van der Waals surface area contributed by atoms with Gasteiger partial charge in [-0.05, 0) is 103 Å². The van der Waals surface area contributed by atoms with Crippen LogP contribution in [-0.4, -0.2) is 37.6 Å². The second kappa shape index (κ2) is 10.2. The number of alkyl halides is 3. The molecule has 2 aromatic carbocycles. The number of nitroso groups, excluding NO2 is 1. The first-order valence-electron chi connectivity index (χ1n) is 15.3. The van der Waals surface area contributed by atoms with Crippen LogP contribution in [0.4, 0.5) is 13.2 Å². The first-order chi connectivity index (χ1) is 20.5. The largest absolute Gasteiger partial charge is 0.295 e. The van der Waals surface area contributed by atoms with Crippen molar-refractivity contribution in [2.24, 2.45) is 22.4 Å². The zero-order chi connectivity index (χ0) is 31.9. The van der Waals surface area contributed by atoms with Gasteiger partial charge in [-0.1, -0.05) is 54.1 Å². The second-order valence-electron chi connectivity index (χ2n) is 13.8. The summed E-state index contributed by atoms with van der Waals surface area (Å²) in [6.45, 7) is 3.20. The molecular weight excluding hydrogens is 587 g/mol. The van der Waals surface area contributed by atoms with Gasteiger partial charge in [0.05, 0.1) is 4.90 Å². The normalized spacial score (nSPS) is 31.8. The van der Waals surface area contributed by atoms with Crippen LogP contribution in [0.25, 0.3) is 11.1 Å². The molecule has 0 amide bonds. The molecule has 4 aliphatic carbocycles. The molecule has 44 heavy (non-hydrogen) atoms. The van der Waals surface area contributed by atoms with Crippen LogP contribution >= 0.6 is 0 Å². The van der Waals surface area contributed by atoms with Crippen LogP contribution in [0.3, 0.4) is 0 Å². The van der Waals surface area contributed by atoms with Crippen LogP contribution in [0.1, 0.15) is 77.2 Å². The molecule has 9 heteroatoms. The third-order valence-corrected chi connectivity index (χ3v) is 12.7. The van der Waals surface area contributed by atoms with E-state index in [1.165, 1.54) is 5.57 Å². The van der Waals surface area contributed by atoms with Gasteiger partial charge in [-0.15, -0.1) is 0 Å². The minimum absolute atomic E-state index is 0.0350. The number of benzene rings is 2. The van der Waals surface area contributed by atoms with E-state index in [-0.39, 0.29) is 41.3 Å².